The molecule has 1 aromatic carbocycles. The van der Waals surface area contributed by atoms with Crippen molar-refractivity contribution < 1.29 is 19.1 Å². The van der Waals surface area contributed by atoms with Crippen molar-refractivity contribution >= 4 is 11.8 Å². The van der Waals surface area contributed by atoms with Gasteiger partial charge in [0.05, 0.1) is 19.1 Å². The van der Waals surface area contributed by atoms with Gasteiger partial charge in [-0.3, -0.25) is 9.59 Å². The summed E-state index contributed by atoms with van der Waals surface area (Å²) in [5, 5.41) is 0. The Morgan fingerprint density at radius 1 is 1.37 bits per heavy atom. The maximum atomic E-state index is 12.0. The molecule has 102 valence electrons. The number of ether oxygens (including phenoxy) is 2. The van der Waals surface area contributed by atoms with Gasteiger partial charge in [0.15, 0.2) is 5.78 Å². The van der Waals surface area contributed by atoms with Crippen molar-refractivity contribution in [1.29, 1.82) is 0 Å². The number of benzene rings is 1. The van der Waals surface area contributed by atoms with E-state index in [1.807, 2.05) is 30.3 Å². The molecule has 19 heavy (non-hydrogen) atoms. The second-order valence-corrected chi connectivity index (χ2v) is 4.63. The van der Waals surface area contributed by atoms with Crippen LogP contribution in [0.15, 0.2) is 30.3 Å². The molecular weight excluding hydrogens is 244 g/mol. The minimum Gasteiger partial charge on any atom is -0.466 e. The highest BCUT2D eigenvalue weighted by molar-refractivity contribution is 5.88. The van der Waals surface area contributed by atoms with Crippen molar-refractivity contribution in [3.8, 4) is 0 Å². The van der Waals surface area contributed by atoms with Crippen molar-refractivity contribution in [2.75, 3.05) is 13.2 Å². The smallest absolute Gasteiger partial charge is 0.311 e. The quantitative estimate of drug-likeness (QED) is 0.776. The van der Waals surface area contributed by atoms with Gasteiger partial charge in [-0.25, -0.2) is 0 Å². The van der Waals surface area contributed by atoms with E-state index in [1.54, 1.807) is 6.92 Å². The van der Waals surface area contributed by atoms with Crippen molar-refractivity contribution in [1.82, 2.24) is 0 Å². The summed E-state index contributed by atoms with van der Waals surface area (Å²) < 4.78 is 10.4. The fraction of sp³-hybridized carbons (Fsp3) is 0.467. The lowest BCUT2D eigenvalue weighted by molar-refractivity contribution is -0.160. The summed E-state index contributed by atoms with van der Waals surface area (Å²) >= 11 is 0. The number of carbonyl (C=O) groups excluding carboxylic acids is 2. The number of Topliss-reactive ketones (excluding diaryl/α,β-unsaturated/α-hetero) is 1. The van der Waals surface area contributed by atoms with Gasteiger partial charge in [0, 0.05) is 12.8 Å². The van der Waals surface area contributed by atoms with Gasteiger partial charge in [-0.15, -0.1) is 0 Å². The SMILES string of the molecule is CCOC(=O)[C@H]1CO[C@@H](Cc2ccccc2)C(=O)C1. The van der Waals surface area contributed by atoms with Crippen LogP contribution in [0, 0.1) is 5.92 Å². The van der Waals surface area contributed by atoms with Crippen molar-refractivity contribution in [2.45, 2.75) is 25.9 Å². The van der Waals surface area contributed by atoms with E-state index in [2.05, 4.69) is 0 Å². The summed E-state index contributed by atoms with van der Waals surface area (Å²) in [5.41, 5.74) is 1.07. The van der Waals surface area contributed by atoms with Gasteiger partial charge in [0.1, 0.15) is 6.10 Å². The van der Waals surface area contributed by atoms with E-state index >= 15 is 0 Å². The molecule has 1 saturated heterocycles. The zero-order valence-electron chi connectivity index (χ0n) is 11.0. The summed E-state index contributed by atoms with van der Waals surface area (Å²) in [6.45, 7) is 2.35. The Balaban J connectivity index is 1.90. The highest BCUT2D eigenvalue weighted by Crippen LogP contribution is 2.20. The second kappa shape index (κ2) is 6.48. The second-order valence-electron chi connectivity index (χ2n) is 4.63. The molecule has 0 spiro atoms. The predicted molar refractivity (Wildman–Crippen MR) is 69.6 cm³/mol. The lowest BCUT2D eigenvalue weighted by atomic mass is 9.94. The molecule has 2 atom stereocenters. The zero-order valence-corrected chi connectivity index (χ0v) is 11.0. The first-order chi connectivity index (χ1) is 9.20. The average Bonchev–Trinajstić information content (AvgIpc) is 2.42. The highest BCUT2D eigenvalue weighted by atomic mass is 16.5. The molecule has 4 heteroatoms. The Morgan fingerprint density at radius 2 is 2.11 bits per heavy atom. The van der Waals surface area contributed by atoms with Crippen molar-refractivity contribution in [3.05, 3.63) is 35.9 Å². The minimum atomic E-state index is -0.445. The summed E-state index contributed by atoms with van der Waals surface area (Å²) in [5.74, 6) is -0.804. The summed E-state index contributed by atoms with van der Waals surface area (Å²) in [4.78, 5) is 23.5. The Hall–Kier alpha value is -1.68. The predicted octanol–water partition coefficient (Wildman–Crippen LogP) is 1.77. The average molecular weight is 262 g/mol. The lowest BCUT2D eigenvalue weighted by Crippen LogP contribution is -2.39. The Bertz CT molecular complexity index is 441. The molecule has 1 aromatic rings. The van der Waals surface area contributed by atoms with Crippen LogP contribution in [0.2, 0.25) is 0 Å². The van der Waals surface area contributed by atoms with Crippen LogP contribution in [-0.2, 0) is 25.5 Å². The molecule has 2 rings (SSSR count). The van der Waals surface area contributed by atoms with Gasteiger partial charge in [-0.05, 0) is 12.5 Å². The Kier molecular flexibility index (Phi) is 4.68. The highest BCUT2D eigenvalue weighted by Gasteiger charge is 2.33. The molecule has 0 unspecified atom stereocenters. The molecule has 0 N–H and O–H groups in total. The van der Waals surface area contributed by atoms with Gasteiger partial charge in [0.2, 0.25) is 0 Å². The van der Waals surface area contributed by atoms with Gasteiger partial charge in [-0.2, -0.15) is 0 Å². The van der Waals surface area contributed by atoms with Crippen molar-refractivity contribution in [2.24, 2.45) is 5.92 Å². The van der Waals surface area contributed by atoms with Gasteiger partial charge >= 0.3 is 5.97 Å². The summed E-state index contributed by atoms with van der Waals surface area (Å²) in [6, 6.07) is 9.74. The molecule has 0 saturated carbocycles. The third-order valence-electron chi connectivity index (χ3n) is 3.19. The molecule has 0 amide bonds. The van der Waals surface area contributed by atoms with E-state index in [0.717, 1.165) is 5.56 Å². The molecule has 1 aliphatic heterocycles. The van der Waals surface area contributed by atoms with Crippen LogP contribution in [0.5, 0.6) is 0 Å². The van der Waals surface area contributed by atoms with E-state index < -0.39 is 12.0 Å². The molecule has 1 aliphatic rings. The third kappa shape index (κ3) is 3.64. The molecule has 0 aliphatic carbocycles. The van der Waals surface area contributed by atoms with Crippen LogP contribution in [0.3, 0.4) is 0 Å². The number of hydrogen-bond donors (Lipinski definition) is 0. The molecule has 0 radical (unpaired) electrons. The summed E-state index contributed by atoms with van der Waals surface area (Å²) in [7, 11) is 0. The number of carbonyl (C=O) groups is 2. The van der Waals surface area contributed by atoms with Gasteiger partial charge < -0.3 is 9.47 Å². The zero-order chi connectivity index (χ0) is 13.7. The number of rotatable bonds is 4. The first-order valence-corrected chi connectivity index (χ1v) is 6.55. The Labute approximate surface area is 112 Å². The monoisotopic (exact) mass is 262 g/mol. The maximum absolute atomic E-state index is 12.0. The fourth-order valence-corrected chi connectivity index (χ4v) is 2.17. The number of esters is 1. The molecular formula is C15H18O4. The van der Waals surface area contributed by atoms with Crippen LogP contribution in [-0.4, -0.2) is 31.1 Å². The third-order valence-corrected chi connectivity index (χ3v) is 3.19. The van der Waals surface area contributed by atoms with Gasteiger partial charge in [-0.1, -0.05) is 30.3 Å². The van der Waals surface area contributed by atoms with Crippen LogP contribution >= 0.6 is 0 Å². The fourth-order valence-electron chi connectivity index (χ4n) is 2.17. The molecule has 1 fully saturated rings. The Morgan fingerprint density at radius 3 is 2.74 bits per heavy atom. The van der Waals surface area contributed by atoms with E-state index in [0.29, 0.717) is 13.0 Å². The normalized spacial score (nSPS) is 23.1. The molecule has 4 nitrogen and oxygen atoms in total. The number of ketones is 1. The van der Waals surface area contributed by atoms with E-state index in [9.17, 15) is 9.59 Å². The molecule has 0 bridgehead atoms. The lowest BCUT2D eigenvalue weighted by Gasteiger charge is -2.26. The van der Waals surface area contributed by atoms with Crippen LogP contribution in [0.4, 0.5) is 0 Å². The van der Waals surface area contributed by atoms with E-state index in [-0.39, 0.29) is 24.8 Å². The topological polar surface area (TPSA) is 52.6 Å². The maximum Gasteiger partial charge on any atom is 0.311 e. The molecule has 1 heterocycles. The first-order valence-electron chi connectivity index (χ1n) is 6.55. The first kappa shape index (κ1) is 13.7. The van der Waals surface area contributed by atoms with E-state index in [1.165, 1.54) is 0 Å². The van der Waals surface area contributed by atoms with Crippen molar-refractivity contribution in [3.63, 3.8) is 0 Å². The number of hydrogen-bond acceptors (Lipinski definition) is 4. The minimum absolute atomic E-state index is 0.0202. The largest absolute Gasteiger partial charge is 0.466 e. The molecule has 0 aromatic heterocycles. The van der Waals surface area contributed by atoms with Crippen LogP contribution < -0.4 is 0 Å². The van der Waals surface area contributed by atoms with E-state index in [4.69, 9.17) is 9.47 Å². The van der Waals surface area contributed by atoms with Crippen LogP contribution in [0.25, 0.3) is 0 Å². The summed E-state index contributed by atoms with van der Waals surface area (Å²) in [6.07, 6.45) is 0.346. The van der Waals surface area contributed by atoms with Crippen LogP contribution in [0.1, 0.15) is 18.9 Å². The standard InChI is InChI=1S/C15H18O4/c1-2-18-15(17)12-9-13(16)14(19-10-12)8-11-6-4-3-5-7-11/h3-7,12,14H,2,8-10H2,1H3/t12-,14+/m1/s1. The van der Waals surface area contributed by atoms with Gasteiger partial charge in [0.25, 0.3) is 0 Å².